The van der Waals surface area contributed by atoms with Gasteiger partial charge in [0, 0.05) is 61.9 Å². The lowest BCUT2D eigenvalue weighted by atomic mass is 10.1. The minimum atomic E-state index is -0.388. The minimum Gasteiger partial charge on any atom is -0.378 e. The maximum Gasteiger partial charge on any atom is 0.323 e. The van der Waals surface area contributed by atoms with E-state index in [1.54, 1.807) is 36.4 Å². The van der Waals surface area contributed by atoms with Gasteiger partial charge in [-0.1, -0.05) is 36.4 Å². The van der Waals surface area contributed by atoms with Gasteiger partial charge >= 0.3 is 6.03 Å². The molecule has 0 radical (unpaired) electrons. The van der Waals surface area contributed by atoms with Gasteiger partial charge in [0.25, 0.3) is 5.91 Å². The molecule has 6 rings (SSSR count). The molecule has 0 unspecified atom stereocenters. The van der Waals surface area contributed by atoms with Crippen molar-refractivity contribution in [2.24, 2.45) is 0 Å². The highest BCUT2D eigenvalue weighted by atomic mass is 16.5. The SMILES string of the molecule is CN1CCN(C(=O)c2ccc(NC(=O)Nc3ccc(Nc4nc(/C=C/c5ccccc5)nc(N5CCOCC5)n4)cc3)cc2)CC1. The summed E-state index contributed by atoms with van der Waals surface area (Å²) < 4.78 is 5.50. The second kappa shape index (κ2) is 14.6. The predicted octanol–water partition coefficient (Wildman–Crippen LogP) is 4.65. The minimum absolute atomic E-state index is 0.00663. The number of morpholine rings is 1. The lowest BCUT2D eigenvalue weighted by Crippen LogP contribution is -2.47. The Morgan fingerprint density at radius 1 is 0.717 bits per heavy atom. The third-order valence-electron chi connectivity index (χ3n) is 7.74. The molecule has 2 aliphatic rings. The average molecular weight is 620 g/mol. The molecule has 3 heterocycles. The Morgan fingerprint density at radius 2 is 1.35 bits per heavy atom. The number of hydrogen-bond acceptors (Lipinski definition) is 9. The summed E-state index contributed by atoms with van der Waals surface area (Å²) in [6, 6.07) is 23.8. The van der Waals surface area contributed by atoms with Crippen molar-refractivity contribution in [3.8, 4) is 0 Å². The van der Waals surface area contributed by atoms with Crippen LogP contribution in [-0.2, 0) is 4.74 Å². The van der Waals surface area contributed by atoms with Gasteiger partial charge in [0.05, 0.1) is 13.2 Å². The zero-order chi connectivity index (χ0) is 31.7. The smallest absolute Gasteiger partial charge is 0.323 e. The zero-order valence-electron chi connectivity index (χ0n) is 25.7. The normalized spacial score (nSPS) is 15.5. The Morgan fingerprint density at radius 3 is 2.02 bits per heavy atom. The Balaban J connectivity index is 1.07. The van der Waals surface area contributed by atoms with Crippen LogP contribution in [0.5, 0.6) is 0 Å². The summed E-state index contributed by atoms with van der Waals surface area (Å²) in [7, 11) is 2.06. The molecule has 236 valence electrons. The Labute approximate surface area is 268 Å². The number of anilines is 5. The molecule has 0 spiro atoms. The number of nitrogens with one attached hydrogen (secondary N) is 3. The van der Waals surface area contributed by atoms with Gasteiger partial charge in [0.1, 0.15) is 0 Å². The highest BCUT2D eigenvalue weighted by molar-refractivity contribution is 6.00. The van der Waals surface area contributed by atoms with Crippen molar-refractivity contribution in [3.05, 3.63) is 95.8 Å². The predicted molar refractivity (Wildman–Crippen MR) is 180 cm³/mol. The molecule has 3 amide bonds. The zero-order valence-corrected chi connectivity index (χ0v) is 25.7. The van der Waals surface area contributed by atoms with Gasteiger partial charge in [0.2, 0.25) is 11.9 Å². The number of hydrogen-bond donors (Lipinski definition) is 3. The lowest BCUT2D eigenvalue weighted by molar-refractivity contribution is 0.0664. The van der Waals surface area contributed by atoms with Crippen molar-refractivity contribution < 1.29 is 14.3 Å². The summed E-state index contributed by atoms with van der Waals surface area (Å²) in [5.74, 6) is 1.54. The molecule has 2 saturated heterocycles. The molecule has 4 aromatic rings. The van der Waals surface area contributed by atoms with E-state index >= 15 is 0 Å². The molecule has 46 heavy (non-hydrogen) atoms. The molecule has 12 nitrogen and oxygen atoms in total. The van der Waals surface area contributed by atoms with E-state index in [9.17, 15) is 9.59 Å². The summed E-state index contributed by atoms with van der Waals surface area (Å²) >= 11 is 0. The third-order valence-corrected chi connectivity index (χ3v) is 7.74. The van der Waals surface area contributed by atoms with Gasteiger partial charge in [0.15, 0.2) is 5.82 Å². The fourth-order valence-electron chi connectivity index (χ4n) is 5.10. The maximum atomic E-state index is 12.8. The molecule has 1 aromatic heterocycles. The number of amides is 3. The second-order valence-corrected chi connectivity index (χ2v) is 11.1. The van der Waals surface area contributed by atoms with Crippen LogP contribution in [0.2, 0.25) is 0 Å². The fourth-order valence-corrected chi connectivity index (χ4v) is 5.10. The standard InChI is InChI=1S/C34H37N9O3/c1-41-17-19-42(20-18-41)31(44)26-8-10-28(11-9-26)36-34(45)37-29-14-12-27(13-15-29)35-32-38-30(16-7-25-5-3-2-4-6-25)39-33(40-32)43-21-23-46-24-22-43/h2-16H,17-24H2,1H3,(H2,36,37,45)(H,35,38,39,40)/b16-7+. The van der Waals surface area contributed by atoms with E-state index in [1.807, 2.05) is 59.5 Å². The van der Waals surface area contributed by atoms with Gasteiger partial charge in [-0.25, -0.2) is 4.79 Å². The van der Waals surface area contributed by atoms with Crippen molar-refractivity contribution in [3.63, 3.8) is 0 Å². The summed E-state index contributed by atoms with van der Waals surface area (Å²) in [6.07, 6.45) is 3.84. The van der Waals surface area contributed by atoms with Crippen LogP contribution in [0, 0.1) is 0 Å². The van der Waals surface area contributed by atoms with E-state index < -0.39 is 0 Å². The molecule has 3 N–H and O–H groups in total. The van der Waals surface area contributed by atoms with E-state index in [0.29, 0.717) is 74.1 Å². The molecule has 3 aromatic carbocycles. The highest BCUT2D eigenvalue weighted by Crippen LogP contribution is 2.21. The van der Waals surface area contributed by atoms with E-state index in [-0.39, 0.29) is 11.9 Å². The number of rotatable bonds is 8. The van der Waals surface area contributed by atoms with Crippen LogP contribution in [-0.4, -0.2) is 96.2 Å². The number of benzene rings is 3. The van der Waals surface area contributed by atoms with Gasteiger partial charge in [-0.2, -0.15) is 15.0 Å². The molecular formula is C34H37N9O3. The molecule has 0 atom stereocenters. The maximum absolute atomic E-state index is 12.8. The van der Waals surface area contributed by atoms with Gasteiger partial charge in [-0.3, -0.25) is 4.79 Å². The molecule has 0 saturated carbocycles. The van der Waals surface area contributed by atoms with E-state index in [2.05, 4.69) is 47.7 Å². The first-order valence-corrected chi connectivity index (χ1v) is 15.3. The molecule has 0 aliphatic carbocycles. The van der Waals surface area contributed by atoms with Crippen molar-refractivity contribution in [2.75, 3.05) is 80.4 Å². The monoisotopic (exact) mass is 619 g/mol. The van der Waals surface area contributed by atoms with Crippen LogP contribution < -0.4 is 20.9 Å². The number of ether oxygens (including phenoxy) is 1. The van der Waals surface area contributed by atoms with Crippen LogP contribution in [0.1, 0.15) is 21.7 Å². The highest BCUT2D eigenvalue weighted by Gasteiger charge is 2.20. The van der Waals surface area contributed by atoms with E-state index in [1.165, 1.54) is 0 Å². The van der Waals surface area contributed by atoms with Crippen molar-refractivity contribution in [1.29, 1.82) is 0 Å². The summed E-state index contributed by atoms with van der Waals surface area (Å²) in [6.45, 7) is 5.79. The van der Waals surface area contributed by atoms with Crippen molar-refractivity contribution in [1.82, 2.24) is 24.8 Å². The number of urea groups is 1. The van der Waals surface area contributed by atoms with Crippen LogP contribution in [0.4, 0.5) is 33.8 Å². The molecule has 2 fully saturated rings. The number of likely N-dealkylation sites (N-methyl/N-ethyl adjacent to an activating group) is 1. The number of aromatic nitrogens is 3. The Bertz CT molecular complexity index is 1650. The average Bonchev–Trinajstić information content (AvgIpc) is 3.09. The molecule has 12 heteroatoms. The largest absolute Gasteiger partial charge is 0.378 e. The number of carbonyl (C=O) groups excluding carboxylic acids is 2. The third kappa shape index (κ3) is 8.23. The van der Waals surface area contributed by atoms with Crippen LogP contribution >= 0.6 is 0 Å². The Hall–Kier alpha value is -5.33. The summed E-state index contributed by atoms with van der Waals surface area (Å²) in [5.41, 5.74) is 3.61. The number of carbonyl (C=O) groups is 2. The van der Waals surface area contributed by atoms with Crippen LogP contribution in [0.15, 0.2) is 78.9 Å². The van der Waals surface area contributed by atoms with E-state index in [0.717, 1.165) is 24.3 Å². The quantitative estimate of drug-likeness (QED) is 0.258. The molecule has 2 aliphatic heterocycles. The topological polar surface area (TPSA) is 128 Å². The van der Waals surface area contributed by atoms with Gasteiger partial charge in [-0.15, -0.1) is 0 Å². The number of piperazine rings is 1. The van der Waals surface area contributed by atoms with Crippen molar-refractivity contribution in [2.45, 2.75) is 0 Å². The number of nitrogens with zero attached hydrogens (tertiary/aromatic N) is 6. The van der Waals surface area contributed by atoms with Crippen LogP contribution in [0.25, 0.3) is 12.2 Å². The molecular weight excluding hydrogens is 582 g/mol. The van der Waals surface area contributed by atoms with Crippen LogP contribution in [0.3, 0.4) is 0 Å². The first kappa shape index (κ1) is 30.7. The first-order valence-electron chi connectivity index (χ1n) is 15.3. The summed E-state index contributed by atoms with van der Waals surface area (Å²) in [5, 5.41) is 8.93. The second-order valence-electron chi connectivity index (χ2n) is 11.1. The van der Waals surface area contributed by atoms with Crippen molar-refractivity contribution >= 4 is 53.0 Å². The fraction of sp³-hybridized carbons (Fsp3) is 0.265. The van der Waals surface area contributed by atoms with E-state index in [4.69, 9.17) is 4.74 Å². The van der Waals surface area contributed by atoms with Gasteiger partial charge in [-0.05, 0) is 67.2 Å². The Kier molecular flexibility index (Phi) is 9.76. The molecule has 0 bridgehead atoms. The first-order chi connectivity index (χ1) is 22.5. The lowest BCUT2D eigenvalue weighted by Gasteiger charge is -2.32. The summed E-state index contributed by atoms with van der Waals surface area (Å²) in [4.78, 5) is 45.6. The van der Waals surface area contributed by atoms with Gasteiger partial charge < -0.3 is 35.4 Å².